The average Bonchev–Trinajstić information content (AvgIpc) is 3.77. The number of ether oxygens (including phenoxy) is 1. The number of carboxylic acids is 2. The highest BCUT2D eigenvalue weighted by molar-refractivity contribution is 8.30. The largest absolute Gasteiger partial charge is 0.497 e. The summed E-state index contributed by atoms with van der Waals surface area (Å²) in [5.41, 5.74) is 1.59. The molecule has 2 fully saturated rings. The van der Waals surface area contributed by atoms with Crippen molar-refractivity contribution in [2.24, 2.45) is 5.92 Å². The second-order valence-corrected chi connectivity index (χ2v) is 13.9. The van der Waals surface area contributed by atoms with Gasteiger partial charge in [-0.2, -0.15) is 4.68 Å². The van der Waals surface area contributed by atoms with Crippen LogP contribution >= 0.6 is 35.7 Å². The number of hydrogen-bond acceptors (Lipinski definition) is 11. The summed E-state index contributed by atoms with van der Waals surface area (Å²) in [6.45, 7) is 2.34. The summed E-state index contributed by atoms with van der Waals surface area (Å²) in [5, 5.41) is 21.9. The first kappa shape index (κ1) is 35.7. The fourth-order valence-corrected chi connectivity index (χ4v) is 8.47. The molecule has 1 aliphatic carbocycles. The predicted octanol–water partition coefficient (Wildman–Crippen LogP) is 1.24. The average molecular weight is 731 g/mol. The molecule has 0 bridgehead atoms. The van der Waals surface area contributed by atoms with E-state index in [1.165, 1.54) is 23.4 Å². The number of carbonyl (C=O) groups excluding carboxylic acids is 2. The molecule has 0 spiro atoms. The third-order valence-corrected chi connectivity index (χ3v) is 10.7. The molecule has 5 rings (SSSR count). The minimum absolute atomic E-state index is 0.0405. The van der Waals surface area contributed by atoms with E-state index >= 15 is 0 Å². The Hall–Kier alpha value is -4.55. The first-order valence-corrected chi connectivity index (χ1v) is 17.5. The number of aromatic nitrogens is 2. The summed E-state index contributed by atoms with van der Waals surface area (Å²) in [4.78, 5) is 82.0. The number of carboxylic acid groups (broad SMARTS) is 2. The fourth-order valence-electron chi connectivity index (χ4n) is 6.01. The monoisotopic (exact) mass is 730 g/mol. The molecule has 0 atom stereocenters. The normalized spacial score (nSPS) is 18.6. The Bertz CT molecular complexity index is 2030. The molecule has 1 aromatic carbocycles. The first-order chi connectivity index (χ1) is 23.4. The summed E-state index contributed by atoms with van der Waals surface area (Å²) in [6, 6.07) is 4.45. The Morgan fingerprint density at radius 2 is 1.69 bits per heavy atom. The minimum Gasteiger partial charge on any atom is -0.497 e. The number of allylic oxidation sites excluding steroid dienone is 1. The number of aliphatic carboxylic acids is 2. The van der Waals surface area contributed by atoms with Crippen LogP contribution in [0.2, 0.25) is 0 Å². The number of fused-ring (bicyclic) bond motifs is 1. The zero-order valence-electron chi connectivity index (χ0n) is 26.8. The van der Waals surface area contributed by atoms with E-state index in [0.717, 1.165) is 39.1 Å². The lowest BCUT2D eigenvalue weighted by atomic mass is 9.95. The number of amides is 3. The number of carbonyl (C=O) groups is 4. The van der Waals surface area contributed by atoms with Crippen molar-refractivity contribution in [3.63, 3.8) is 0 Å². The highest BCUT2D eigenvalue weighted by Gasteiger charge is 2.37. The Kier molecular flexibility index (Phi) is 10.9. The molecule has 49 heavy (non-hydrogen) atoms. The van der Waals surface area contributed by atoms with Gasteiger partial charge in [0.15, 0.2) is 5.48 Å². The van der Waals surface area contributed by atoms with Gasteiger partial charge in [-0.3, -0.25) is 33.4 Å². The van der Waals surface area contributed by atoms with Crippen molar-refractivity contribution < 1.29 is 34.1 Å². The lowest BCUT2D eigenvalue weighted by Gasteiger charge is -2.20. The summed E-state index contributed by atoms with van der Waals surface area (Å²) in [6.07, 6.45) is 4.67. The van der Waals surface area contributed by atoms with Gasteiger partial charge in [-0.15, -0.1) is 0 Å². The quantitative estimate of drug-likeness (QED) is 0.256. The van der Waals surface area contributed by atoms with Crippen LogP contribution < -0.4 is 42.2 Å². The molecule has 1 saturated carbocycles. The van der Waals surface area contributed by atoms with Crippen LogP contribution in [-0.4, -0.2) is 79.3 Å². The molecule has 3 heterocycles. The van der Waals surface area contributed by atoms with Gasteiger partial charge in [-0.1, -0.05) is 48.6 Å². The van der Waals surface area contributed by atoms with Gasteiger partial charge in [-0.25, -0.2) is 10.2 Å². The Morgan fingerprint density at radius 1 is 1.02 bits per heavy atom. The van der Waals surface area contributed by atoms with E-state index < -0.39 is 41.5 Å². The standard InChI is InChI=1S/C31H34N6O9S3/c1-4-32-30(45)33-37-26(25-29(44)36(15-23(40)41)31(47)49-25)34(5-2)27(42)24(28(37)43)18(16-8-6-7-9-16)13-21-35(14-22(38)39)19-11-10-17(46-3)12-20(19)48-21/h10-13,16H,4-9,14-15H2,1-3H3,(H,38,39)(H,40,41)(H2,32,33,45). The van der Waals surface area contributed by atoms with E-state index in [-0.39, 0.29) is 45.5 Å². The molecule has 0 unspecified atom stereocenters. The molecule has 3 aliphatic rings. The number of rotatable bonds is 10. The van der Waals surface area contributed by atoms with E-state index in [2.05, 4.69) is 10.7 Å². The maximum atomic E-state index is 14.6. The van der Waals surface area contributed by atoms with Crippen molar-refractivity contribution in [3.8, 4) is 5.75 Å². The van der Waals surface area contributed by atoms with Gasteiger partial charge in [0.25, 0.3) is 17.0 Å². The summed E-state index contributed by atoms with van der Waals surface area (Å²) < 4.78 is 7.29. The molecule has 1 saturated heterocycles. The van der Waals surface area contributed by atoms with Crippen LogP contribution in [0.1, 0.15) is 39.5 Å². The molecular formula is C31H34N6O9S3. The fraction of sp³-hybridized carbons (Fsp3) is 0.387. The number of benzene rings is 1. The zero-order chi connectivity index (χ0) is 35.6. The number of anilines is 1. The highest BCUT2D eigenvalue weighted by Crippen LogP contribution is 2.48. The van der Waals surface area contributed by atoms with Crippen molar-refractivity contribution in [2.45, 2.75) is 51.0 Å². The van der Waals surface area contributed by atoms with Crippen LogP contribution in [-0.2, 0) is 20.9 Å². The predicted molar refractivity (Wildman–Crippen MR) is 189 cm³/mol. The molecule has 0 radical (unpaired) electrons. The maximum Gasteiger partial charge on any atom is 0.334 e. The van der Waals surface area contributed by atoms with E-state index in [0.29, 0.717) is 34.9 Å². The van der Waals surface area contributed by atoms with Crippen LogP contribution in [0, 0.1) is 5.92 Å². The molecule has 2 aromatic rings. The van der Waals surface area contributed by atoms with E-state index in [1.807, 2.05) is 0 Å². The second kappa shape index (κ2) is 14.9. The third-order valence-electron chi connectivity index (χ3n) is 8.15. The van der Waals surface area contributed by atoms with Crippen LogP contribution in [0.5, 0.6) is 5.75 Å². The van der Waals surface area contributed by atoms with Crippen LogP contribution in [0.15, 0.2) is 43.8 Å². The molecule has 2 aliphatic heterocycles. The van der Waals surface area contributed by atoms with Crippen molar-refractivity contribution in [1.82, 2.24) is 19.5 Å². The van der Waals surface area contributed by atoms with Crippen molar-refractivity contribution in [1.29, 1.82) is 0 Å². The van der Waals surface area contributed by atoms with Crippen molar-refractivity contribution in [3.05, 3.63) is 60.7 Å². The summed E-state index contributed by atoms with van der Waals surface area (Å²) in [7, 11) is 1.52. The Labute approximate surface area is 293 Å². The number of urea groups is 1. The lowest BCUT2D eigenvalue weighted by molar-refractivity contribution is -0.140. The van der Waals surface area contributed by atoms with Gasteiger partial charge in [0, 0.05) is 18.0 Å². The first-order valence-electron chi connectivity index (χ1n) is 15.4. The topological polar surface area (TPSA) is 193 Å². The highest BCUT2D eigenvalue weighted by atomic mass is 32.2. The zero-order valence-corrected chi connectivity index (χ0v) is 29.3. The van der Waals surface area contributed by atoms with Crippen LogP contribution in [0.3, 0.4) is 0 Å². The van der Waals surface area contributed by atoms with E-state index in [9.17, 15) is 39.0 Å². The third kappa shape index (κ3) is 7.11. The van der Waals surface area contributed by atoms with Crippen LogP contribution in [0.25, 0.3) is 10.5 Å². The number of thiocarbonyl (C=S) groups is 1. The lowest BCUT2D eigenvalue weighted by Crippen LogP contribution is -2.63. The molecule has 18 heteroatoms. The minimum atomic E-state index is -1.32. The number of hydrogen-bond donors (Lipinski definition) is 4. The van der Waals surface area contributed by atoms with Crippen LogP contribution in [0.4, 0.5) is 10.5 Å². The molecule has 1 aromatic heterocycles. The van der Waals surface area contributed by atoms with E-state index in [1.54, 1.807) is 43.0 Å². The van der Waals surface area contributed by atoms with E-state index in [4.69, 9.17) is 17.0 Å². The van der Waals surface area contributed by atoms with Gasteiger partial charge in [0.05, 0.1) is 17.8 Å². The molecular weight excluding hydrogens is 697 g/mol. The summed E-state index contributed by atoms with van der Waals surface area (Å²) >= 11 is 7.27. The van der Waals surface area contributed by atoms with Gasteiger partial charge < -0.3 is 25.2 Å². The number of nitrogens with one attached hydrogen (secondary N) is 2. The van der Waals surface area contributed by atoms with Gasteiger partial charge >= 0.3 is 18.0 Å². The maximum absolute atomic E-state index is 14.6. The molecule has 15 nitrogen and oxygen atoms in total. The number of nitrogens with zero attached hydrogens (tertiary/aromatic N) is 4. The van der Waals surface area contributed by atoms with Gasteiger partial charge in [0.1, 0.15) is 33.3 Å². The smallest absolute Gasteiger partial charge is 0.334 e. The molecule has 260 valence electrons. The second-order valence-electron chi connectivity index (χ2n) is 11.2. The number of thioether (sulfide) groups is 2. The molecule has 3 amide bonds. The van der Waals surface area contributed by atoms with Gasteiger partial charge in [-0.05, 0) is 62.5 Å². The molecule has 4 N–H and O–H groups in total. The van der Waals surface area contributed by atoms with Crippen molar-refractivity contribution in [2.75, 3.05) is 37.1 Å². The number of methoxy groups -OCH3 is 1. The Morgan fingerprint density at radius 3 is 2.31 bits per heavy atom. The SMILES string of the molecule is CCNC(=O)Nn1c(=O)c(=C(C=C2Sc3cc(OC)ccc3N2CC(=O)O)C2CCCC2)c(=O)n(CC)c1=C1SC(=S)N(CC(=O)O)C1=O. The van der Waals surface area contributed by atoms with Gasteiger partial charge in [0.2, 0.25) is 0 Å². The Balaban J connectivity index is 1.87. The van der Waals surface area contributed by atoms with Crippen molar-refractivity contribution >= 4 is 80.1 Å². The summed E-state index contributed by atoms with van der Waals surface area (Å²) in [5.74, 6) is -2.92.